The SMILES string of the molecule is Cc1ccc(S(=O)(=O)N2CC(C(=O)Nc3ccc4c(c3)oc3ccccc34)Oc3ccc(Cl)cc32)cc1. The Balaban J connectivity index is 1.32. The van der Waals surface area contributed by atoms with Crippen molar-refractivity contribution in [1.29, 1.82) is 0 Å². The molecule has 4 aromatic carbocycles. The summed E-state index contributed by atoms with van der Waals surface area (Å²) in [6, 6.07) is 24.3. The Bertz CT molecular complexity index is 1780. The molecule has 9 heteroatoms. The molecule has 1 N–H and O–H groups in total. The van der Waals surface area contributed by atoms with E-state index in [1.54, 1.807) is 48.5 Å². The summed E-state index contributed by atoms with van der Waals surface area (Å²) in [5.41, 5.74) is 3.11. The number of aryl methyl sites for hydroxylation is 1. The van der Waals surface area contributed by atoms with Gasteiger partial charge in [-0.1, -0.05) is 47.5 Å². The zero-order valence-corrected chi connectivity index (χ0v) is 21.2. The van der Waals surface area contributed by atoms with Crippen LogP contribution in [0.15, 0.2) is 94.2 Å². The Hall–Kier alpha value is -4.01. The van der Waals surface area contributed by atoms with Gasteiger partial charge in [-0.25, -0.2) is 8.42 Å². The van der Waals surface area contributed by atoms with Crippen LogP contribution in [0.5, 0.6) is 5.75 Å². The van der Waals surface area contributed by atoms with Gasteiger partial charge in [-0.2, -0.15) is 0 Å². The van der Waals surface area contributed by atoms with Gasteiger partial charge in [0.2, 0.25) is 0 Å². The summed E-state index contributed by atoms with van der Waals surface area (Å²) in [5.74, 6) is -0.237. The summed E-state index contributed by atoms with van der Waals surface area (Å²) >= 11 is 6.18. The second-order valence-electron chi connectivity index (χ2n) is 8.87. The highest BCUT2D eigenvalue weighted by molar-refractivity contribution is 7.92. The summed E-state index contributed by atoms with van der Waals surface area (Å²) < 4.78 is 40.3. The lowest BCUT2D eigenvalue weighted by atomic mass is 10.1. The lowest BCUT2D eigenvalue weighted by Crippen LogP contribution is -2.48. The standard InChI is InChI=1S/C28H21ClN2O5S/c1-17-6-10-20(11-7-17)37(33,34)31-16-27(36-25-13-8-18(29)14-23(25)31)28(32)30-19-9-12-22-21-4-2-3-5-24(21)35-26(22)15-19/h2-15,27H,16H2,1H3,(H,30,32). The van der Waals surface area contributed by atoms with Crippen molar-refractivity contribution < 1.29 is 22.4 Å². The maximum absolute atomic E-state index is 13.6. The molecule has 0 fully saturated rings. The molecule has 7 nitrogen and oxygen atoms in total. The first-order chi connectivity index (χ1) is 17.8. The lowest BCUT2D eigenvalue weighted by Gasteiger charge is -2.34. The Kier molecular flexibility index (Phi) is 5.58. The molecule has 1 aromatic heterocycles. The summed E-state index contributed by atoms with van der Waals surface area (Å²) in [7, 11) is -3.99. The number of sulfonamides is 1. The molecule has 1 aliphatic heterocycles. The molecular formula is C28H21ClN2O5S. The molecule has 0 radical (unpaired) electrons. The third kappa shape index (κ3) is 4.18. The Morgan fingerprint density at radius 3 is 2.51 bits per heavy atom. The second-order valence-corrected chi connectivity index (χ2v) is 11.2. The summed E-state index contributed by atoms with van der Waals surface area (Å²) in [6.07, 6.45) is -1.10. The molecule has 186 valence electrons. The van der Waals surface area contributed by atoms with Crippen molar-refractivity contribution in [3.05, 3.63) is 95.5 Å². The second kappa shape index (κ2) is 8.83. The number of benzene rings is 4. The highest BCUT2D eigenvalue weighted by atomic mass is 35.5. The number of amides is 1. The fourth-order valence-electron chi connectivity index (χ4n) is 4.45. The third-order valence-electron chi connectivity index (χ3n) is 6.34. The number of furan rings is 1. The number of carbonyl (C=O) groups is 1. The first-order valence-electron chi connectivity index (χ1n) is 11.6. The minimum Gasteiger partial charge on any atom is -0.476 e. The highest BCUT2D eigenvalue weighted by Crippen LogP contribution is 2.39. The van der Waals surface area contributed by atoms with Gasteiger partial charge in [-0.3, -0.25) is 9.10 Å². The number of halogens is 1. The van der Waals surface area contributed by atoms with E-state index in [-0.39, 0.29) is 22.9 Å². The highest BCUT2D eigenvalue weighted by Gasteiger charge is 2.38. The molecule has 0 saturated carbocycles. The van der Waals surface area contributed by atoms with E-state index in [2.05, 4.69) is 5.32 Å². The number of carbonyl (C=O) groups excluding carboxylic acids is 1. The molecule has 0 bridgehead atoms. The van der Waals surface area contributed by atoms with Gasteiger partial charge in [-0.15, -0.1) is 0 Å². The largest absolute Gasteiger partial charge is 0.476 e. The lowest BCUT2D eigenvalue weighted by molar-refractivity contribution is -0.122. The number of hydrogen-bond acceptors (Lipinski definition) is 5. The van der Waals surface area contributed by atoms with Gasteiger partial charge < -0.3 is 14.5 Å². The van der Waals surface area contributed by atoms with Gasteiger partial charge >= 0.3 is 0 Å². The number of anilines is 2. The molecule has 1 atom stereocenters. The molecule has 6 rings (SSSR count). The van der Waals surface area contributed by atoms with E-state index < -0.39 is 22.0 Å². The topological polar surface area (TPSA) is 88.9 Å². The van der Waals surface area contributed by atoms with Crippen LogP contribution in [0, 0.1) is 6.92 Å². The van der Waals surface area contributed by atoms with Gasteiger partial charge in [0.05, 0.1) is 17.1 Å². The van der Waals surface area contributed by atoms with Crippen LogP contribution in [0.3, 0.4) is 0 Å². The van der Waals surface area contributed by atoms with Crippen LogP contribution in [0.25, 0.3) is 21.9 Å². The fraction of sp³-hybridized carbons (Fsp3) is 0.107. The van der Waals surface area contributed by atoms with Gasteiger partial charge in [0.1, 0.15) is 16.9 Å². The molecule has 1 amide bonds. The first-order valence-corrected chi connectivity index (χ1v) is 13.4. The normalized spacial score (nSPS) is 15.4. The van der Waals surface area contributed by atoms with Crippen LogP contribution in [0.4, 0.5) is 11.4 Å². The van der Waals surface area contributed by atoms with Crippen molar-refractivity contribution in [2.45, 2.75) is 17.9 Å². The van der Waals surface area contributed by atoms with E-state index in [1.165, 1.54) is 10.4 Å². The number of para-hydroxylation sites is 1. The van der Waals surface area contributed by atoms with E-state index in [0.29, 0.717) is 16.3 Å². The van der Waals surface area contributed by atoms with Crippen molar-refractivity contribution in [3.63, 3.8) is 0 Å². The minimum atomic E-state index is -3.99. The number of nitrogens with one attached hydrogen (secondary N) is 1. The van der Waals surface area contributed by atoms with Crippen molar-refractivity contribution in [1.82, 2.24) is 0 Å². The quantitative estimate of drug-likeness (QED) is 0.300. The molecular weight excluding hydrogens is 512 g/mol. The smallest absolute Gasteiger partial charge is 0.267 e. The number of rotatable bonds is 4. The zero-order valence-electron chi connectivity index (χ0n) is 19.6. The van der Waals surface area contributed by atoms with Crippen LogP contribution in [-0.2, 0) is 14.8 Å². The van der Waals surface area contributed by atoms with Crippen LogP contribution in [-0.4, -0.2) is 27.0 Å². The molecule has 2 heterocycles. The van der Waals surface area contributed by atoms with E-state index in [1.807, 2.05) is 37.3 Å². The molecule has 0 spiro atoms. The van der Waals surface area contributed by atoms with Crippen LogP contribution in [0.2, 0.25) is 5.02 Å². The Morgan fingerprint density at radius 2 is 1.70 bits per heavy atom. The van der Waals surface area contributed by atoms with Gasteiger partial charge in [0.15, 0.2) is 6.10 Å². The van der Waals surface area contributed by atoms with Crippen molar-refractivity contribution in [3.8, 4) is 5.75 Å². The molecule has 1 unspecified atom stereocenters. The van der Waals surface area contributed by atoms with Crippen LogP contribution in [0.1, 0.15) is 5.56 Å². The Morgan fingerprint density at radius 1 is 0.946 bits per heavy atom. The summed E-state index contributed by atoms with van der Waals surface area (Å²) in [4.78, 5) is 13.4. The van der Waals surface area contributed by atoms with E-state index in [4.69, 9.17) is 20.8 Å². The van der Waals surface area contributed by atoms with E-state index in [0.717, 1.165) is 21.9 Å². The van der Waals surface area contributed by atoms with E-state index >= 15 is 0 Å². The molecule has 5 aromatic rings. The van der Waals surface area contributed by atoms with Gasteiger partial charge in [-0.05, 0) is 55.5 Å². The molecule has 0 aliphatic carbocycles. The molecule has 37 heavy (non-hydrogen) atoms. The number of ether oxygens (including phenoxy) is 1. The predicted molar refractivity (Wildman–Crippen MR) is 144 cm³/mol. The maximum atomic E-state index is 13.6. The third-order valence-corrected chi connectivity index (χ3v) is 8.37. The first kappa shape index (κ1) is 23.4. The molecule has 0 saturated heterocycles. The average molecular weight is 533 g/mol. The fourth-order valence-corrected chi connectivity index (χ4v) is 6.09. The van der Waals surface area contributed by atoms with Crippen LogP contribution >= 0.6 is 11.6 Å². The van der Waals surface area contributed by atoms with Crippen molar-refractivity contribution >= 4 is 60.8 Å². The number of hydrogen-bond donors (Lipinski definition) is 1. The van der Waals surface area contributed by atoms with Crippen LogP contribution < -0.4 is 14.4 Å². The molecule has 1 aliphatic rings. The summed E-state index contributed by atoms with van der Waals surface area (Å²) in [5, 5.41) is 5.11. The monoisotopic (exact) mass is 532 g/mol. The van der Waals surface area contributed by atoms with Gasteiger partial charge in [0.25, 0.3) is 15.9 Å². The zero-order chi connectivity index (χ0) is 25.7. The summed E-state index contributed by atoms with van der Waals surface area (Å²) in [6.45, 7) is 1.66. The number of fused-ring (bicyclic) bond motifs is 4. The van der Waals surface area contributed by atoms with Crippen molar-refractivity contribution in [2.24, 2.45) is 0 Å². The maximum Gasteiger partial charge on any atom is 0.267 e. The number of nitrogens with zero attached hydrogens (tertiary/aromatic N) is 1. The Labute approximate surface area is 218 Å². The van der Waals surface area contributed by atoms with Gasteiger partial charge in [0, 0.05) is 27.5 Å². The minimum absolute atomic E-state index is 0.112. The van der Waals surface area contributed by atoms with Crippen molar-refractivity contribution in [2.75, 3.05) is 16.2 Å². The predicted octanol–water partition coefficient (Wildman–Crippen LogP) is 6.14. The average Bonchev–Trinajstić information content (AvgIpc) is 3.26. The van der Waals surface area contributed by atoms with E-state index in [9.17, 15) is 13.2 Å².